The molecule has 0 aromatic heterocycles. The molecule has 0 aliphatic heterocycles. The van der Waals surface area contributed by atoms with Crippen molar-refractivity contribution in [1.29, 1.82) is 0 Å². The van der Waals surface area contributed by atoms with Crippen molar-refractivity contribution in [2.75, 3.05) is 12.0 Å². The molecule has 1 aliphatic carbocycles. The fourth-order valence-electron chi connectivity index (χ4n) is 1.50. The van der Waals surface area contributed by atoms with Crippen molar-refractivity contribution < 1.29 is 18.9 Å². The van der Waals surface area contributed by atoms with Gasteiger partial charge in [-0.3, -0.25) is 13.8 Å². The predicted molar refractivity (Wildman–Crippen MR) is 55.8 cm³/mol. The van der Waals surface area contributed by atoms with Crippen LogP contribution in [0.25, 0.3) is 0 Å². The third-order valence-corrected chi connectivity index (χ3v) is 3.29. The highest BCUT2D eigenvalue weighted by Crippen LogP contribution is 2.38. The Labute approximate surface area is 90.7 Å². The van der Waals surface area contributed by atoms with Gasteiger partial charge in [0, 0.05) is 28.9 Å². The van der Waals surface area contributed by atoms with Gasteiger partial charge in [0.05, 0.1) is 11.8 Å². The number of carbonyl (C=O) groups is 2. The lowest BCUT2D eigenvalue weighted by atomic mass is 10.3. The Morgan fingerprint density at radius 2 is 2.13 bits per heavy atom. The van der Waals surface area contributed by atoms with Gasteiger partial charge in [0.15, 0.2) is 0 Å². The summed E-state index contributed by atoms with van der Waals surface area (Å²) in [4.78, 5) is 22.0. The van der Waals surface area contributed by atoms with Gasteiger partial charge in [-0.15, -0.1) is 0 Å². The maximum absolute atomic E-state index is 11.4. The van der Waals surface area contributed by atoms with Crippen molar-refractivity contribution in [3.05, 3.63) is 0 Å². The number of hydrogen-bond donors (Lipinski definition) is 2. The molecule has 0 heterocycles. The first-order chi connectivity index (χ1) is 6.91. The van der Waals surface area contributed by atoms with Crippen molar-refractivity contribution in [3.63, 3.8) is 0 Å². The van der Waals surface area contributed by atoms with E-state index in [4.69, 9.17) is 5.11 Å². The maximum Gasteiger partial charge on any atom is 0.307 e. The summed E-state index contributed by atoms with van der Waals surface area (Å²) in [5.74, 6) is -1.67. The monoisotopic (exact) mass is 233 g/mol. The summed E-state index contributed by atoms with van der Waals surface area (Å²) >= 11 is 0. The van der Waals surface area contributed by atoms with Gasteiger partial charge in [0.2, 0.25) is 5.91 Å². The Morgan fingerprint density at radius 3 is 2.53 bits per heavy atom. The van der Waals surface area contributed by atoms with Crippen LogP contribution in [0, 0.1) is 11.8 Å². The molecule has 0 saturated heterocycles. The van der Waals surface area contributed by atoms with Crippen LogP contribution in [0.15, 0.2) is 0 Å². The molecule has 2 N–H and O–H groups in total. The van der Waals surface area contributed by atoms with Crippen LogP contribution in [0.1, 0.15) is 13.3 Å². The van der Waals surface area contributed by atoms with Gasteiger partial charge in [-0.2, -0.15) is 0 Å². The van der Waals surface area contributed by atoms with Crippen LogP contribution in [-0.2, 0) is 20.4 Å². The molecule has 2 unspecified atom stereocenters. The van der Waals surface area contributed by atoms with Gasteiger partial charge in [0.25, 0.3) is 0 Å². The summed E-state index contributed by atoms with van der Waals surface area (Å²) in [7, 11) is -0.953. The highest BCUT2D eigenvalue weighted by atomic mass is 32.2. The number of carbonyl (C=O) groups excluding carboxylic acids is 1. The van der Waals surface area contributed by atoms with Crippen LogP contribution >= 0.6 is 0 Å². The van der Waals surface area contributed by atoms with Crippen LogP contribution in [0.4, 0.5) is 0 Å². The van der Waals surface area contributed by atoms with Crippen LogP contribution in [0.3, 0.4) is 0 Å². The number of hydrogen-bond acceptors (Lipinski definition) is 3. The zero-order chi connectivity index (χ0) is 11.6. The Balaban J connectivity index is 2.31. The van der Waals surface area contributed by atoms with E-state index in [0.29, 0.717) is 12.2 Å². The van der Waals surface area contributed by atoms with Gasteiger partial charge < -0.3 is 10.4 Å². The van der Waals surface area contributed by atoms with Crippen LogP contribution in [-0.4, -0.2) is 39.2 Å². The molecule has 1 amide bonds. The van der Waals surface area contributed by atoms with Crippen molar-refractivity contribution >= 4 is 22.7 Å². The van der Waals surface area contributed by atoms with E-state index >= 15 is 0 Å². The largest absolute Gasteiger partial charge is 0.481 e. The number of amides is 1. The van der Waals surface area contributed by atoms with Crippen molar-refractivity contribution in [2.24, 2.45) is 11.8 Å². The highest BCUT2D eigenvalue weighted by molar-refractivity contribution is 7.84. The highest BCUT2D eigenvalue weighted by Gasteiger charge is 2.48. The summed E-state index contributed by atoms with van der Waals surface area (Å²) in [6.45, 7) is 1.76. The minimum atomic E-state index is -0.953. The average molecular weight is 233 g/mol. The predicted octanol–water partition coefficient (Wildman–Crippen LogP) is -0.410. The number of nitrogens with one attached hydrogen (secondary N) is 1. The summed E-state index contributed by atoms with van der Waals surface area (Å²) in [5.41, 5.74) is 0. The molecule has 1 rings (SSSR count). The summed E-state index contributed by atoms with van der Waals surface area (Å²) in [5, 5.41) is 11.3. The van der Waals surface area contributed by atoms with Crippen molar-refractivity contribution in [1.82, 2.24) is 5.32 Å². The summed E-state index contributed by atoms with van der Waals surface area (Å²) in [6.07, 6.45) is 1.99. The number of aliphatic carboxylic acids is 1. The molecular weight excluding hydrogens is 218 g/mol. The van der Waals surface area contributed by atoms with E-state index in [2.05, 4.69) is 5.32 Å². The first kappa shape index (κ1) is 12.2. The Hall–Kier alpha value is -0.910. The number of carboxylic acid groups (broad SMARTS) is 1. The second-order valence-corrected chi connectivity index (χ2v) is 5.42. The molecular formula is C9H15NO4S. The van der Waals surface area contributed by atoms with Crippen molar-refractivity contribution in [3.8, 4) is 0 Å². The van der Waals surface area contributed by atoms with E-state index in [9.17, 15) is 13.8 Å². The fourth-order valence-corrected chi connectivity index (χ4v) is 2.29. The smallest absolute Gasteiger partial charge is 0.307 e. The Kier molecular flexibility index (Phi) is 3.84. The van der Waals surface area contributed by atoms with Crippen molar-refractivity contribution in [2.45, 2.75) is 19.4 Å². The first-order valence-corrected chi connectivity index (χ1v) is 6.47. The lowest BCUT2D eigenvalue weighted by Gasteiger charge is -2.11. The zero-order valence-electron chi connectivity index (χ0n) is 8.73. The number of rotatable bonds is 5. The van der Waals surface area contributed by atoms with Gasteiger partial charge in [0.1, 0.15) is 0 Å². The molecule has 5 nitrogen and oxygen atoms in total. The first-order valence-electron chi connectivity index (χ1n) is 4.75. The van der Waals surface area contributed by atoms with E-state index in [0.717, 1.165) is 0 Å². The molecule has 6 heteroatoms. The molecule has 0 bridgehead atoms. The van der Waals surface area contributed by atoms with Crippen LogP contribution in [0.2, 0.25) is 0 Å². The third-order valence-electron chi connectivity index (χ3n) is 2.32. The number of carboxylic acids is 1. The van der Waals surface area contributed by atoms with E-state index < -0.39 is 28.6 Å². The van der Waals surface area contributed by atoms with Gasteiger partial charge in [-0.25, -0.2) is 0 Å². The molecule has 86 valence electrons. The van der Waals surface area contributed by atoms with Gasteiger partial charge in [-0.05, 0) is 13.3 Å². The molecule has 0 aromatic rings. The molecule has 15 heavy (non-hydrogen) atoms. The molecule has 0 spiro atoms. The molecule has 0 aromatic carbocycles. The maximum atomic E-state index is 11.4. The molecule has 1 saturated carbocycles. The zero-order valence-corrected chi connectivity index (χ0v) is 9.54. The molecule has 1 fully saturated rings. The van der Waals surface area contributed by atoms with Gasteiger partial charge >= 0.3 is 5.97 Å². The van der Waals surface area contributed by atoms with Gasteiger partial charge in [-0.1, -0.05) is 0 Å². The van der Waals surface area contributed by atoms with E-state index in [1.807, 2.05) is 0 Å². The normalized spacial score (nSPS) is 27.9. The topological polar surface area (TPSA) is 83.5 Å². The molecule has 0 radical (unpaired) electrons. The third kappa shape index (κ3) is 3.62. The average Bonchev–Trinajstić information content (AvgIpc) is 2.79. The summed E-state index contributed by atoms with van der Waals surface area (Å²) < 4.78 is 10.9. The SMILES string of the molecule is CC(CS(C)=O)NC(=O)[C@@H]1C[C@@H]1C(=O)O. The van der Waals surface area contributed by atoms with Crippen LogP contribution in [0.5, 0.6) is 0 Å². The second-order valence-electron chi connectivity index (χ2n) is 3.94. The fraction of sp³-hybridized carbons (Fsp3) is 0.778. The molecule has 1 aliphatic rings. The summed E-state index contributed by atoms with van der Waals surface area (Å²) in [6, 6.07) is -0.168. The lowest BCUT2D eigenvalue weighted by molar-refractivity contribution is -0.140. The van der Waals surface area contributed by atoms with E-state index in [-0.39, 0.29) is 11.9 Å². The minimum absolute atomic E-state index is 0.168. The Bertz CT molecular complexity index is 304. The molecule has 4 atom stereocenters. The van der Waals surface area contributed by atoms with E-state index in [1.165, 1.54) is 0 Å². The van der Waals surface area contributed by atoms with Crippen LogP contribution < -0.4 is 5.32 Å². The standard InChI is InChI=1S/C9H15NO4S/c1-5(4-15(2)14)10-8(11)6-3-7(6)9(12)13/h5-7H,3-4H2,1-2H3,(H,10,11)(H,12,13)/t5?,6-,7+,15?/m1/s1. The second kappa shape index (κ2) is 4.74. The van der Waals surface area contributed by atoms with E-state index in [1.54, 1.807) is 13.2 Å². The Morgan fingerprint density at radius 1 is 1.53 bits per heavy atom. The quantitative estimate of drug-likeness (QED) is 0.676. The lowest BCUT2D eigenvalue weighted by Crippen LogP contribution is -2.37. The minimum Gasteiger partial charge on any atom is -0.481 e.